The average Bonchev–Trinajstić information content (AvgIpc) is 3.11. The number of carbonyl (C=O) groups excluding carboxylic acids is 2. The van der Waals surface area contributed by atoms with E-state index in [2.05, 4.69) is 16.0 Å². The molecule has 1 unspecified atom stereocenters. The fourth-order valence-corrected chi connectivity index (χ4v) is 6.02. The van der Waals surface area contributed by atoms with E-state index in [0.717, 1.165) is 38.4 Å². The highest BCUT2D eigenvalue weighted by molar-refractivity contribution is 8.00. The molecule has 1 aromatic heterocycles. The molecule has 1 atom stereocenters. The second-order valence-electron chi connectivity index (χ2n) is 9.10. The van der Waals surface area contributed by atoms with Gasteiger partial charge in [0.05, 0.1) is 17.4 Å². The predicted molar refractivity (Wildman–Crippen MR) is 148 cm³/mol. The number of aromatic nitrogens is 1. The monoisotopic (exact) mass is 513 g/mol. The van der Waals surface area contributed by atoms with Crippen LogP contribution in [0.25, 0.3) is 10.9 Å². The van der Waals surface area contributed by atoms with E-state index in [9.17, 15) is 9.59 Å². The van der Waals surface area contributed by atoms with E-state index >= 15 is 0 Å². The van der Waals surface area contributed by atoms with Crippen molar-refractivity contribution in [2.24, 2.45) is 7.05 Å². The lowest BCUT2D eigenvalue weighted by molar-refractivity contribution is -0.138. The van der Waals surface area contributed by atoms with Gasteiger partial charge in [0.25, 0.3) is 0 Å². The van der Waals surface area contributed by atoms with Gasteiger partial charge in [0, 0.05) is 36.6 Å². The van der Waals surface area contributed by atoms with E-state index in [1.54, 1.807) is 4.90 Å². The zero-order valence-electron chi connectivity index (χ0n) is 21.1. The van der Waals surface area contributed by atoms with Gasteiger partial charge in [-0.2, -0.15) is 0 Å². The van der Waals surface area contributed by atoms with Gasteiger partial charge in [-0.3, -0.25) is 9.59 Å². The summed E-state index contributed by atoms with van der Waals surface area (Å²) < 4.78 is 7.67. The van der Waals surface area contributed by atoms with Crippen LogP contribution in [0.4, 0.5) is 0 Å². The number of carbonyl (C=O) groups is 2. The molecular formula is C30H31N3O3S. The first-order valence-corrected chi connectivity index (χ1v) is 13.6. The topological polar surface area (TPSA) is 63.6 Å². The molecule has 7 heteroatoms. The van der Waals surface area contributed by atoms with Gasteiger partial charge in [-0.15, -0.1) is 0 Å². The number of amides is 2. The molecule has 0 bridgehead atoms. The summed E-state index contributed by atoms with van der Waals surface area (Å²) in [5.41, 5.74) is 4.08. The molecule has 0 saturated carbocycles. The van der Waals surface area contributed by atoms with E-state index in [-0.39, 0.29) is 11.8 Å². The molecule has 4 aromatic rings. The Balaban J connectivity index is 1.49. The maximum absolute atomic E-state index is 13.9. The maximum atomic E-state index is 13.9. The maximum Gasteiger partial charge on any atom is 0.247 e. The molecule has 1 N–H and O–H groups in total. The Hall–Kier alpha value is -3.71. The Bertz CT molecular complexity index is 1400. The zero-order valence-corrected chi connectivity index (χ0v) is 22.0. The van der Waals surface area contributed by atoms with Crippen molar-refractivity contribution in [2.45, 2.75) is 31.0 Å². The van der Waals surface area contributed by atoms with Crippen LogP contribution in [0.15, 0.2) is 83.9 Å². The van der Waals surface area contributed by atoms with Gasteiger partial charge in [0.2, 0.25) is 11.8 Å². The highest BCUT2D eigenvalue weighted by Crippen LogP contribution is 2.41. The van der Waals surface area contributed by atoms with E-state index < -0.39 is 6.04 Å². The second-order valence-corrected chi connectivity index (χ2v) is 10.1. The molecule has 0 spiro atoms. The fraction of sp³-hybridized carbons (Fsp3) is 0.267. The van der Waals surface area contributed by atoms with E-state index in [1.807, 2.05) is 86.8 Å². The standard InChI is InChI=1S/C30H31N3O3S/c1-3-36-23-15-13-21(14-16-23)17-18-33-26(34)20-37-30-27(24-11-7-8-12-25(24)32(30)2)28(33)29(35)31-19-22-9-5-4-6-10-22/h4-16,28H,3,17-20H2,1-2H3,(H,31,35). The minimum atomic E-state index is -0.713. The average molecular weight is 514 g/mol. The molecule has 37 heavy (non-hydrogen) atoms. The van der Waals surface area contributed by atoms with Crippen LogP contribution in [-0.2, 0) is 29.6 Å². The van der Waals surface area contributed by atoms with Gasteiger partial charge >= 0.3 is 0 Å². The van der Waals surface area contributed by atoms with E-state index in [4.69, 9.17) is 4.74 Å². The van der Waals surface area contributed by atoms with E-state index in [1.165, 1.54) is 11.8 Å². The summed E-state index contributed by atoms with van der Waals surface area (Å²) in [6, 6.07) is 25.2. The van der Waals surface area contributed by atoms with Crippen LogP contribution in [-0.4, -0.2) is 40.2 Å². The molecular weight excluding hydrogens is 482 g/mol. The number of aryl methyl sites for hydroxylation is 1. The smallest absolute Gasteiger partial charge is 0.247 e. The first-order chi connectivity index (χ1) is 18.1. The SMILES string of the molecule is CCOc1ccc(CCN2C(=O)CSc3c(c4ccccc4n3C)C2C(=O)NCc2ccccc2)cc1. The summed E-state index contributed by atoms with van der Waals surface area (Å²) >= 11 is 1.51. The van der Waals surface area contributed by atoms with Crippen LogP contribution < -0.4 is 10.1 Å². The fourth-order valence-electron chi connectivity index (χ4n) is 4.93. The number of ether oxygens (including phenoxy) is 1. The van der Waals surface area contributed by atoms with Crippen molar-refractivity contribution < 1.29 is 14.3 Å². The molecule has 6 nitrogen and oxygen atoms in total. The number of hydrogen-bond acceptors (Lipinski definition) is 4. The zero-order chi connectivity index (χ0) is 25.8. The Kier molecular flexibility index (Phi) is 7.51. The van der Waals surface area contributed by atoms with Gasteiger partial charge in [0.1, 0.15) is 11.8 Å². The molecule has 0 saturated heterocycles. The molecule has 0 fully saturated rings. The Morgan fingerprint density at radius 1 is 1.00 bits per heavy atom. The minimum absolute atomic E-state index is 0.0314. The van der Waals surface area contributed by atoms with Crippen LogP contribution in [0.5, 0.6) is 5.75 Å². The van der Waals surface area contributed by atoms with Crippen molar-refractivity contribution in [3.63, 3.8) is 0 Å². The minimum Gasteiger partial charge on any atom is -0.494 e. The third-order valence-electron chi connectivity index (χ3n) is 6.76. The number of thioether (sulfide) groups is 1. The Labute approximate surface area is 221 Å². The quantitative estimate of drug-likeness (QED) is 0.356. The van der Waals surface area contributed by atoms with E-state index in [0.29, 0.717) is 31.9 Å². The third-order valence-corrected chi connectivity index (χ3v) is 7.92. The number of rotatable bonds is 8. The summed E-state index contributed by atoms with van der Waals surface area (Å²) in [5, 5.41) is 5.09. The first kappa shape index (κ1) is 25.0. The van der Waals surface area contributed by atoms with Crippen LogP contribution in [0.1, 0.15) is 29.7 Å². The van der Waals surface area contributed by atoms with Crippen molar-refractivity contribution in [1.29, 1.82) is 0 Å². The third kappa shape index (κ3) is 5.23. The largest absolute Gasteiger partial charge is 0.494 e. The molecule has 1 aliphatic heterocycles. The van der Waals surface area contributed by atoms with Gasteiger partial charge in [-0.1, -0.05) is 72.4 Å². The van der Waals surface area contributed by atoms with Crippen LogP contribution >= 0.6 is 11.8 Å². The van der Waals surface area contributed by atoms with Crippen LogP contribution in [0.3, 0.4) is 0 Å². The van der Waals surface area contributed by atoms with Gasteiger partial charge in [-0.25, -0.2) is 0 Å². The number of hydrogen-bond donors (Lipinski definition) is 1. The normalized spacial score (nSPS) is 15.4. The Morgan fingerprint density at radius 2 is 1.73 bits per heavy atom. The number of nitrogens with one attached hydrogen (secondary N) is 1. The summed E-state index contributed by atoms with van der Waals surface area (Å²) in [6.45, 7) is 3.43. The van der Waals surface area contributed by atoms with Gasteiger partial charge in [-0.05, 0) is 42.7 Å². The molecule has 0 radical (unpaired) electrons. The number of nitrogens with zero attached hydrogens (tertiary/aromatic N) is 2. The van der Waals surface area contributed by atoms with Crippen molar-refractivity contribution in [3.05, 3.63) is 95.6 Å². The molecule has 5 rings (SSSR count). The molecule has 2 heterocycles. The molecule has 2 amide bonds. The lowest BCUT2D eigenvalue weighted by Gasteiger charge is -2.30. The molecule has 0 aliphatic carbocycles. The van der Waals surface area contributed by atoms with Crippen molar-refractivity contribution in [1.82, 2.24) is 14.8 Å². The second kappa shape index (κ2) is 11.1. The van der Waals surface area contributed by atoms with Crippen molar-refractivity contribution in [2.75, 3.05) is 18.9 Å². The predicted octanol–water partition coefficient (Wildman–Crippen LogP) is 5.11. The van der Waals surface area contributed by atoms with Crippen LogP contribution in [0, 0.1) is 0 Å². The lowest BCUT2D eigenvalue weighted by atomic mass is 10.0. The van der Waals surface area contributed by atoms with Crippen molar-refractivity contribution >= 4 is 34.5 Å². The number of fused-ring (bicyclic) bond motifs is 3. The summed E-state index contributed by atoms with van der Waals surface area (Å²) in [6.07, 6.45) is 0.644. The first-order valence-electron chi connectivity index (χ1n) is 12.6. The summed E-state index contributed by atoms with van der Waals surface area (Å²) in [4.78, 5) is 29.1. The number of para-hydroxylation sites is 1. The summed E-state index contributed by atoms with van der Waals surface area (Å²) in [5.74, 6) is 0.926. The molecule has 1 aliphatic rings. The Morgan fingerprint density at radius 3 is 2.49 bits per heavy atom. The molecule has 190 valence electrons. The van der Waals surface area contributed by atoms with Crippen LogP contribution in [0.2, 0.25) is 0 Å². The lowest BCUT2D eigenvalue weighted by Crippen LogP contribution is -2.44. The van der Waals surface area contributed by atoms with Crippen molar-refractivity contribution in [3.8, 4) is 5.75 Å². The highest BCUT2D eigenvalue weighted by Gasteiger charge is 2.38. The van der Waals surface area contributed by atoms with Gasteiger partial charge < -0.3 is 19.5 Å². The molecule has 3 aromatic carbocycles. The summed E-state index contributed by atoms with van der Waals surface area (Å²) in [7, 11) is 2.01. The number of benzene rings is 3. The van der Waals surface area contributed by atoms with Gasteiger partial charge in [0.15, 0.2) is 0 Å². The highest BCUT2D eigenvalue weighted by atomic mass is 32.2.